The summed E-state index contributed by atoms with van der Waals surface area (Å²) in [5.74, 6) is 0.0116. The van der Waals surface area contributed by atoms with Gasteiger partial charge in [-0.05, 0) is 19.0 Å². The lowest BCUT2D eigenvalue weighted by molar-refractivity contribution is -0.127. The fourth-order valence-electron chi connectivity index (χ4n) is 3.60. The Labute approximate surface area is 227 Å². The van der Waals surface area contributed by atoms with Crippen LogP contribution in [0.2, 0.25) is 30.7 Å². The van der Waals surface area contributed by atoms with Crippen LogP contribution < -0.4 is 4.74 Å². The van der Waals surface area contributed by atoms with Crippen molar-refractivity contribution >= 4 is 48.4 Å². The van der Waals surface area contributed by atoms with Gasteiger partial charge >= 0.3 is 0 Å². The predicted molar refractivity (Wildman–Crippen MR) is 149 cm³/mol. The summed E-state index contributed by atoms with van der Waals surface area (Å²) < 4.78 is 12.9. The normalized spacial score (nSPS) is 12.4. The highest BCUT2D eigenvalue weighted by Gasteiger charge is 2.24. The van der Waals surface area contributed by atoms with Crippen LogP contribution in [0.1, 0.15) is 12.5 Å². The second-order valence-electron chi connectivity index (χ2n) is 10.0. The van der Waals surface area contributed by atoms with Crippen molar-refractivity contribution in [3.8, 4) is 28.8 Å². The predicted octanol–water partition coefficient (Wildman–Crippen LogP) is 5.22. The number of ether oxygens (including phenoxy) is 2. The third-order valence-corrected chi connectivity index (χ3v) is 8.60. The Hall–Kier alpha value is -2.78. The molecule has 0 spiro atoms. The van der Waals surface area contributed by atoms with Crippen molar-refractivity contribution in [1.82, 2.24) is 19.4 Å². The highest BCUT2D eigenvalue weighted by molar-refractivity contribution is 8.00. The number of thioether (sulfide) groups is 1. The number of halogens is 1. The van der Waals surface area contributed by atoms with Crippen molar-refractivity contribution in [3.05, 3.63) is 28.9 Å². The number of phenols is 1. The molecule has 0 aliphatic rings. The molecule has 1 unspecified atom stereocenters. The molecule has 0 saturated heterocycles. The van der Waals surface area contributed by atoms with Crippen molar-refractivity contribution < 1.29 is 19.4 Å². The molecule has 198 valence electrons. The lowest BCUT2D eigenvalue weighted by atomic mass is 10.1. The number of hydrogen-bond donors (Lipinski definition) is 1. The summed E-state index contributed by atoms with van der Waals surface area (Å²) in [6.07, 6.45) is 1.68. The zero-order valence-electron chi connectivity index (χ0n) is 22.1. The van der Waals surface area contributed by atoms with Gasteiger partial charge in [0.2, 0.25) is 5.91 Å². The molecule has 12 heteroatoms. The highest BCUT2D eigenvalue weighted by Crippen LogP contribution is 2.41. The van der Waals surface area contributed by atoms with Crippen LogP contribution in [0.5, 0.6) is 11.5 Å². The van der Waals surface area contributed by atoms with E-state index in [2.05, 4.69) is 25.7 Å². The molecule has 37 heavy (non-hydrogen) atoms. The maximum atomic E-state index is 12.5. The SMILES string of the molecule is COc1cc(Cl)c(-c2nc(SC(C)C(=O)N(C)C)nc3c2c(C#N)cn3COCC[Si](C)(C)C)cc1O. The molecule has 1 atom stereocenters. The van der Waals surface area contributed by atoms with Crippen molar-refractivity contribution in [1.29, 1.82) is 5.26 Å². The Bertz CT molecular complexity index is 1350. The Morgan fingerprint density at radius 3 is 2.62 bits per heavy atom. The van der Waals surface area contributed by atoms with E-state index in [-0.39, 0.29) is 29.2 Å². The van der Waals surface area contributed by atoms with Gasteiger partial charge in [0.05, 0.1) is 34.0 Å². The molecule has 1 aromatic carbocycles. The molecular weight excluding hydrogens is 530 g/mol. The quantitative estimate of drug-likeness (QED) is 0.155. The minimum Gasteiger partial charge on any atom is -0.504 e. The van der Waals surface area contributed by atoms with E-state index >= 15 is 0 Å². The van der Waals surface area contributed by atoms with Crippen LogP contribution in [0.25, 0.3) is 22.3 Å². The number of aromatic nitrogens is 3. The topological polar surface area (TPSA) is 114 Å². The van der Waals surface area contributed by atoms with E-state index in [0.717, 1.165) is 6.04 Å². The first-order valence-electron chi connectivity index (χ1n) is 11.7. The number of rotatable bonds is 10. The number of amides is 1. The third kappa shape index (κ3) is 6.76. The molecular formula is C25H32ClN5O4SSi. The largest absolute Gasteiger partial charge is 0.504 e. The number of carbonyl (C=O) groups is 1. The number of benzene rings is 1. The number of phenolic OH excluding ortho intramolecular Hbond substituents is 1. The zero-order valence-corrected chi connectivity index (χ0v) is 24.7. The molecule has 0 fully saturated rings. The summed E-state index contributed by atoms with van der Waals surface area (Å²) in [5, 5.41) is 21.1. The molecule has 3 aromatic rings. The highest BCUT2D eigenvalue weighted by atomic mass is 35.5. The van der Waals surface area contributed by atoms with Gasteiger partial charge in [-0.15, -0.1) is 0 Å². The fraction of sp³-hybridized carbons (Fsp3) is 0.440. The van der Waals surface area contributed by atoms with Crippen LogP contribution in [-0.4, -0.2) is 71.6 Å². The van der Waals surface area contributed by atoms with Crippen LogP contribution in [0.15, 0.2) is 23.5 Å². The Balaban J connectivity index is 2.17. The monoisotopic (exact) mass is 561 g/mol. The number of carbonyl (C=O) groups excluding carboxylic acids is 1. The minimum absolute atomic E-state index is 0.0850. The summed E-state index contributed by atoms with van der Waals surface area (Å²) >= 11 is 7.79. The van der Waals surface area contributed by atoms with Gasteiger partial charge in [-0.2, -0.15) is 5.26 Å². The molecule has 2 heterocycles. The number of nitriles is 1. The van der Waals surface area contributed by atoms with Gasteiger partial charge in [-0.1, -0.05) is 43.0 Å². The summed E-state index contributed by atoms with van der Waals surface area (Å²) in [4.78, 5) is 23.5. The molecule has 2 aromatic heterocycles. The number of nitrogens with zero attached hydrogens (tertiary/aromatic N) is 5. The van der Waals surface area contributed by atoms with Gasteiger partial charge in [0.15, 0.2) is 16.7 Å². The molecule has 0 bridgehead atoms. The van der Waals surface area contributed by atoms with Crippen molar-refractivity contribution in [2.75, 3.05) is 27.8 Å². The Morgan fingerprint density at radius 2 is 2.03 bits per heavy atom. The molecule has 9 nitrogen and oxygen atoms in total. The smallest absolute Gasteiger partial charge is 0.235 e. The molecule has 0 saturated carbocycles. The van der Waals surface area contributed by atoms with Crippen molar-refractivity contribution in [3.63, 3.8) is 0 Å². The van der Waals surface area contributed by atoms with Gasteiger partial charge in [-0.3, -0.25) is 4.79 Å². The zero-order chi connectivity index (χ0) is 27.5. The second kappa shape index (κ2) is 11.7. The van der Waals surface area contributed by atoms with E-state index in [4.69, 9.17) is 31.0 Å². The molecule has 1 amide bonds. The van der Waals surface area contributed by atoms with E-state index < -0.39 is 13.3 Å². The molecule has 0 radical (unpaired) electrons. The molecule has 1 N–H and O–H groups in total. The Morgan fingerprint density at radius 1 is 1.32 bits per heavy atom. The number of methoxy groups -OCH3 is 1. The van der Waals surface area contributed by atoms with Crippen LogP contribution >= 0.6 is 23.4 Å². The van der Waals surface area contributed by atoms with Crippen LogP contribution in [-0.2, 0) is 16.3 Å². The minimum atomic E-state index is -1.27. The van der Waals surface area contributed by atoms with E-state index in [9.17, 15) is 15.2 Å². The van der Waals surface area contributed by atoms with Crippen molar-refractivity contribution in [2.24, 2.45) is 0 Å². The van der Waals surface area contributed by atoms with Gasteiger partial charge in [-0.25, -0.2) is 9.97 Å². The summed E-state index contributed by atoms with van der Waals surface area (Å²) in [6, 6.07) is 6.17. The number of aromatic hydroxyl groups is 1. The lowest BCUT2D eigenvalue weighted by Crippen LogP contribution is -2.29. The van der Waals surface area contributed by atoms with E-state index in [0.29, 0.717) is 39.6 Å². The van der Waals surface area contributed by atoms with Gasteiger partial charge in [0.25, 0.3) is 0 Å². The third-order valence-electron chi connectivity index (χ3n) is 5.64. The standard InChI is InChI=1S/C25H32ClN5O4SSi/c1-15(24(33)30(2)3)36-25-28-22(17-10-19(32)20(34-4)11-18(17)26)21-16(12-27)13-31(23(21)29-25)14-35-8-9-37(5,6)7/h10-11,13,15,32H,8-9,14H2,1-7H3. The first-order chi connectivity index (χ1) is 17.4. The average molecular weight is 562 g/mol. The van der Waals surface area contributed by atoms with Gasteiger partial charge in [0, 0.05) is 46.6 Å². The van der Waals surface area contributed by atoms with Gasteiger partial charge < -0.3 is 24.0 Å². The maximum Gasteiger partial charge on any atom is 0.235 e. The van der Waals surface area contributed by atoms with Crippen LogP contribution in [0.4, 0.5) is 0 Å². The second-order valence-corrected chi connectivity index (χ2v) is 17.4. The number of fused-ring (bicyclic) bond motifs is 1. The first-order valence-corrected chi connectivity index (χ1v) is 16.7. The lowest BCUT2D eigenvalue weighted by Gasteiger charge is -2.17. The van der Waals surface area contributed by atoms with Gasteiger partial charge in [0.1, 0.15) is 18.4 Å². The molecule has 0 aliphatic heterocycles. The fourth-order valence-corrected chi connectivity index (χ4v) is 5.51. The summed E-state index contributed by atoms with van der Waals surface area (Å²) in [7, 11) is 3.54. The van der Waals surface area contributed by atoms with Crippen molar-refractivity contribution in [2.45, 2.75) is 49.7 Å². The van der Waals surface area contributed by atoms with E-state index in [1.54, 1.807) is 31.8 Å². The maximum absolute atomic E-state index is 12.5. The summed E-state index contributed by atoms with van der Waals surface area (Å²) in [6.45, 7) is 9.43. The molecule has 3 rings (SSSR count). The molecule has 0 aliphatic carbocycles. The van der Waals surface area contributed by atoms with E-state index in [1.807, 2.05) is 0 Å². The Kier molecular flexibility index (Phi) is 9.12. The average Bonchev–Trinajstić information content (AvgIpc) is 3.18. The first kappa shape index (κ1) is 28.8. The van der Waals surface area contributed by atoms with E-state index in [1.165, 1.54) is 35.9 Å². The summed E-state index contributed by atoms with van der Waals surface area (Å²) in [5.41, 5.74) is 1.61. The van der Waals surface area contributed by atoms with Crippen LogP contribution in [0.3, 0.4) is 0 Å². The number of hydrogen-bond acceptors (Lipinski definition) is 8. The van der Waals surface area contributed by atoms with Crippen LogP contribution in [0, 0.1) is 11.3 Å².